The standard InChI is InChI=1S/C19H19BrClN3O3.ClH/c20-12-7-8-16(24-18(26)11-23-17(25)6-3-9-22)14(10-12)19(27)13-4-1-2-5-15(13)21;/h1-2,4-5,7-8,10H,3,6,9,11,22H2,(H,23,25)(H,24,26);1H. The van der Waals surface area contributed by atoms with Crippen LogP contribution in [0, 0.1) is 0 Å². The van der Waals surface area contributed by atoms with Gasteiger partial charge in [-0.2, -0.15) is 0 Å². The topological polar surface area (TPSA) is 101 Å². The van der Waals surface area contributed by atoms with Gasteiger partial charge >= 0.3 is 0 Å². The lowest BCUT2D eigenvalue weighted by molar-refractivity contribution is -0.124. The summed E-state index contributed by atoms with van der Waals surface area (Å²) in [4.78, 5) is 36.6. The second kappa shape index (κ2) is 11.8. The van der Waals surface area contributed by atoms with Crippen LogP contribution in [0.15, 0.2) is 46.9 Å². The van der Waals surface area contributed by atoms with Gasteiger partial charge in [0, 0.05) is 22.0 Å². The molecule has 0 aliphatic carbocycles. The predicted molar refractivity (Wildman–Crippen MR) is 116 cm³/mol. The van der Waals surface area contributed by atoms with Gasteiger partial charge in [-0.1, -0.05) is 39.7 Å². The van der Waals surface area contributed by atoms with E-state index >= 15 is 0 Å². The van der Waals surface area contributed by atoms with Crippen molar-refractivity contribution in [2.45, 2.75) is 12.8 Å². The summed E-state index contributed by atoms with van der Waals surface area (Å²) in [6.07, 6.45) is 0.814. The van der Waals surface area contributed by atoms with Gasteiger partial charge < -0.3 is 16.4 Å². The van der Waals surface area contributed by atoms with E-state index in [1.165, 1.54) is 0 Å². The lowest BCUT2D eigenvalue weighted by Crippen LogP contribution is -2.33. The second-order valence-electron chi connectivity index (χ2n) is 5.72. The van der Waals surface area contributed by atoms with Crippen molar-refractivity contribution < 1.29 is 14.4 Å². The van der Waals surface area contributed by atoms with E-state index in [0.717, 1.165) is 0 Å². The van der Waals surface area contributed by atoms with Crippen molar-refractivity contribution in [3.8, 4) is 0 Å². The monoisotopic (exact) mass is 487 g/mol. The minimum atomic E-state index is -0.438. The average molecular weight is 489 g/mol. The van der Waals surface area contributed by atoms with Crippen LogP contribution in [0.2, 0.25) is 5.02 Å². The zero-order valence-electron chi connectivity index (χ0n) is 14.8. The largest absolute Gasteiger partial charge is 0.347 e. The number of carbonyl (C=O) groups is 3. The fourth-order valence-electron chi connectivity index (χ4n) is 2.33. The highest BCUT2D eigenvalue weighted by molar-refractivity contribution is 9.10. The highest BCUT2D eigenvalue weighted by Crippen LogP contribution is 2.26. The molecule has 9 heteroatoms. The summed E-state index contributed by atoms with van der Waals surface area (Å²) in [6, 6.07) is 11.6. The number of carbonyl (C=O) groups excluding carboxylic acids is 3. The lowest BCUT2D eigenvalue weighted by atomic mass is 10.0. The van der Waals surface area contributed by atoms with Crippen LogP contribution in [0.5, 0.6) is 0 Å². The van der Waals surface area contributed by atoms with Crippen LogP contribution in [0.1, 0.15) is 28.8 Å². The number of halogens is 3. The molecular weight excluding hydrogens is 469 g/mol. The molecule has 0 heterocycles. The fourth-order valence-corrected chi connectivity index (χ4v) is 2.91. The Kier molecular flexibility index (Phi) is 10.2. The van der Waals surface area contributed by atoms with Gasteiger partial charge in [0.05, 0.1) is 17.3 Å². The second-order valence-corrected chi connectivity index (χ2v) is 7.04. The van der Waals surface area contributed by atoms with Crippen LogP contribution < -0.4 is 16.4 Å². The summed E-state index contributed by atoms with van der Waals surface area (Å²) < 4.78 is 0.686. The van der Waals surface area contributed by atoms with E-state index in [1.807, 2.05) is 0 Å². The van der Waals surface area contributed by atoms with E-state index in [9.17, 15) is 14.4 Å². The maximum atomic E-state index is 12.9. The van der Waals surface area contributed by atoms with Crippen molar-refractivity contribution in [3.05, 3.63) is 63.1 Å². The lowest BCUT2D eigenvalue weighted by Gasteiger charge is -2.12. The molecule has 0 saturated carbocycles. The molecule has 0 bridgehead atoms. The third kappa shape index (κ3) is 6.91. The van der Waals surface area contributed by atoms with Crippen LogP contribution in [0.3, 0.4) is 0 Å². The molecule has 2 rings (SSSR count). The van der Waals surface area contributed by atoms with E-state index in [1.54, 1.807) is 42.5 Å². The van der Waals surface area contributed by atoms with Gasteiger partial charge in [0.25, 0.3) is 0 Å². The van der Waals surface area contributed by atoms with Gasteiger partial charge in [-0.25, -0.2) is 0 Å². The first-order chi connectivity index (χ1) is 12.9. The van der Waals surface area contributed by atoms with Crippen molar-refractivity contribution in [2.24, 2.45) is 5.73 Å². The molecule has 0 unspecified atom stereocenters. The molecule has 4 N–H and O–H groups in total. The first-order valence-electron chi connectivity index (χ1n) is 8.27. The summed E-state index contributed by atoms with van der Waals surface area (Å²) in [7, 11) is 0. The van der Waals surface area contributed by atoms with Gasteiger partial charge in [-0.15, -0.1) is 12.4 Å². The van der Waals surface area contributed by atoms with Crippen LogP contribution >= 0.6 is 39.9 Å². The maximum Gasteiger partial charge on any atom is 0.243 e. The average Bonchev–Trinajstić information content (AvgIpc) is 2.66. The first-order valence-corrected chi connectivity index (χ1v) is 9.45. The molecule has 0 fully saturated rings. The number of amides is 2. The van der Waals surface area contributed by atoms with Crippen molar-refractivity contribution >= 4 is 63.2 Å². The van der Waals surface area contributed by atoms with Crippen molar-refractivity contribution in [3.63, 3.8) is 0 Å². The number of rotatable bonds is 8. The predicted octanol–water partition coefficient (Wildman–Crippen LogP) is 3.55. The molecule has 0 aromatic heterocycles. The zero-order valence-corrected chi connectivity index (χ0v) is 18.0. The van der Waals surface area contributed by atoms with Crippen molar-refractivity contribution in [1.29, 1.82) is 0 Å². The normalized spacial score (nSPS) is 9.96. The van der Waals surface area contributed by atoms with Crippen LogP contribution in [-0.2, 0) is 9.59 Å². The Morgan fingerprint density at radius 3 is 2.43 bits per heavy atom. The molecule has 2 aromatic carbocycles. The smallest absolute Gasteiger partial charge is 0.243 e. The highest BCUT2D eigenvalue weighted by atomic mass is 79.9. The number of nitrogens with one attached hydrogen (secondary N) is 2. The molecule has 6 nitrogen and oxygen atoms in total. The Hall–Kier alpha value is -1.93. The molecular formula is C19H20BrCl2N3O3. The molecule has 0 radical (unpaired) electrons. The Balaban J connectivity index is 0.00000392. The van der Waals surface area contributed by atoms with Crippen molar-refractivity contribution in [1.82, 2.24) is 5.32 Å². The molecule has 28 heavy (non-hydrogen) atoms. The number of hydrogen-bond donors (Lipinski definition) is 3. The number of nitrogens with two attached hydrogens (primary N) is 1. The van der Waals surface area contributed by atoms with Gasteiger partial charge in [-0.05, 0) is 43.3 Å². The summed E-state index contributed by atoms with van der Waals surface area (Å²) in [5.41, 5.74) is 6.31. The van der Waals surface area contributed by atoms with E-state index in [0.29, 0.717) is 39.3 Å². The first kappa shape index (κ1) is 24.1. The number of anilines is 1. The zero-order chi connectivity index (χ0) is 19.8. The molecule has 2 aromatic rings. The third-order valence-electron chi connectivity index (χ3n) is 3.67. The van der Waals surface area contributed by atoms with Crippen LogP contribution in [0.25, 0.3) is 0 Å². The fraction of sp³-hybridized carbons (Fsp3) is 0.211. The minimum absolute atomic E-state index is 0. The Labute approximate surface area is 182 Å². The van der Waals surface area contributed by atoms with E-state index in [4.69, 9.17) is 17.3 Å². The SMILES string of the molecule is Cl.NCCCC(=O)NCC(=O)Nc1ccc(Br)cc1C(=O)c1ccccc1Cl. The number of hydrogen-bond acceptors (Lipinski definition) is 4. The molecule has 0 aliphatic rings. The van der Waals surface area contributed by atoms with Crippen molar-refractivity contribution in [2.75, 3.05) is 18.4 Å². The molecule has 0 atom stereocenters. The molecule has 0 aliphatic heterocycles. The Bertz CT molecular complexity index is 862. The van der Waals surface area contributed by atoms with Crippen LogP contribution in [-0.4, -0.2) is 30.7 Å². The van der Waals surface area contributed by atoms with Crippen LogP contribution in [0.4, 0.5) is 5.69 Å². The number of benzene rings is 2. The van der Waals surface area contributed by atoms with Gasteiger partial charge in [0.15, 0.2) is 5.78 Å². The Morgan fingerprint density at radius 1 is 1.04 bits per heavy atom. The maximum absolute atomic E-state index is 12.9. The van der Waals surface area contributed by atoms with Gasteiger partial charge in [0.1, 0.15) is 0 Å². The van der Waals surface area contributed by atoms with Gasteiger partial charge in [0.2, 0.25) is 11.8 Å². The summed E-state index contributed by atoms with van der Waals surface area (Å²) in [5, 5.41) is 5.50. The minimum Gasteiger partial charge on any atom is -0.347 e. The summed E-state index contributed by atoms with van der Waals surface area (Å²) >= 11 is 9.45. The van der Waals surface area contributed by atoms with E-state index < -0.39 is 5.91 Å². The number of ketones is 1. The quantitative estimate of drug-likeness (QED) is 0.494. The van der Waals surface area contributed by atoms with E-state index in [-0.39, 0.29) is 37.1 Å². The highest BCUT2D eigenvalue weighted by Gasteiger charge is 2.18. The molecule has 150 valence electrons. The summed E-state index contributed by atoms with van der Waals surface area (Å²) in [5.74, 6) is -1.01. The summed E-state index contributed by atoms with van der Waals surface area (Å²) in [6.45, 7) is 0.214. The van der Waals surface area contributed by atoms with E-state index in [2.05, 4.69) is 26.6 Å². The molecule has 0 spiro atoms. The third-order valence-corrected chi connectivity index (χ3v) is 4.50. The molecule has 2 amide bonds. The molecule has 0 saturated heterocycles. The van der Waals surface area contributed by atoms with Gasteiger partial charge in [-0.3, -0.25) is 14.4 Å². The Morgan fingerprint density at radius 2 is 1.75 bits per heavy atom.